The van der Waals surface area contributed by atoms with Crippen LogP contribution in [0.25, 0.3) is 0 Å². The van der Waals surface area contributed by atoms with Gasteiger partial charge in [-0.05, 0) is 30.5 Å². The molecule has 1 aromatic carbocycles. The number of para-hydroxylation sites is 1. The van der Waals surface area contributed by atoms with E-state index in [1.54, 1.807) is 0 Å². The van der Waals surface area contributed by atoms with Gasteiger partial charge in [0.1, 0.15) is 18.0 Å². The van der Waals surface area contributed by atoms with Gasteiger partial charge >= 0.3 is 0 Å². The van der Waals surface area contributed by atoms with Crippen LogP contribution < -0.4 is 10.1 Å². The second-order valence-corrected chi connectivity index (χ2v) is 6.87. The summed E-state index contributed by atoms with van der Waals surface area (Å²) in [5.74, 6) is 0.995. The van der Waals surface area contributed by atoms with Crippen LogP contribution >= 0.6 is 0 Å². The fourth-order valence-electron chi connectivity index (χ4n) is 2.81. The van der Waals surface area contributed by atoms with Crippen molar-refractivity contribution in [3.63, 3.8) is 0 Å². The number of likely N-dealkylation sites (N-methyl/N-ethyl adjacent to an activating group) is 1. The second-order valence-electron chi connectivity index (χ2n) is 6.87. The third kappa shape index (κ3) is 3.78. The summed E-state index contributed by atoms with van der Waals surface area (Å²) >= 11 is 0. The van der Waals surface area contributed by atoms with E-state index >= 15 is 0 Å². The molecule has 1 aromatic rings. The number of benzene rings is 1. The lowest BCUT2D eigenvalue weighted by Crippen LogP contribution is -2.60. The minimum atomic E-state index is 0.0858. The molecule has 0 radical (unpaired) electrons. The molecular weight excluding hydrogens is 262 g/mol. The molecule has 1 aliphatic carbocycles. The molecule has 0 spiro atoms. The molecule has 3 nitrogen and oxygen atoms in total. The lowest BCUT2D eigenvalue weighted by atomic mass is 9.84. The Morgan fingerprint density at radius 3 is 2.57 bits per heavy atom. The summed E-state index contributed by atoms with van der Waals surface area (Å²) in [5, 5.41) is 3.32. The normalized spacial score (nSPS) is 25.5. The Morgan fingerprint density at radius 2 is 1.95 bits per heavy atom. The Hall–Kier alpha value is -1.06. The molecule has 3 unspecified atom stereocenters. The SMILES string of the molecule is CCCOC1C(NC)CC1Oc1ccccc1C(C)(C)C. The van der Waals surface area contributed by atoms with E-state index in [4.69, 9.17) is 9.47 Å². The Kier molecular flexibility index (Phi) is 5.28. The highest BCUT2D eigenvalue weighted by molar-refractivity contribution is 5.38. The second kappa shape index (κ2) is 6.80. The van der Waals surface area contributed by atoms with Gasteiger partial charge in [0.25, 0.3) is 0 Å². The molecule has 3 heteroatoms. The predicted molar refractivity (Wildman–Crippen MR) is 87.1 cm³/mol. The molecule has 21 heavy (non-hydrogen) atoms. The third-order valence-electron chi connectivity index (χ3n) is 4.11. The van der Waals surface area contributed by atoms with Gasteiger partial charge in [-0.15, -0.1) is 0 Å². The van der Waals surface area contributed by atoms with E-state index in [2.05, 4.69) is 51.2 Å². The van der Waals surface area contributed by atoms with Crippen LogP contribution in [0.3, 0.4) is 0 Å². The molecule has 2 rings (SSSR count). The monoisotopic (exact) mass is 291 g/mol. The van der Waals surface area contributed by atoms with E-state index in [0.29, 0.717) is 6.04 Å². The van der Waals surface area contributed by atoms with Gasteiger partial charge in [-0.2, -0.15) is 0 Å². The first-order valence-corrected chi connectivity index (χ1v) is 8.02. The van der Waals surface area contributed by atoms with Gasteiger partial charge in [-0.25, -0.2) is 0 Å². The number of rotatable bonds is 6. The van der Waals surface area contributed by atoms with E-state index in [-0.39, 0.29) is 17.6 Å². The first-order valence-electron chi connectivity index (χ1n) is 8.02. The van der Waals surface area contributed by atoms with Crippen LogP contribution in [-0.2, 0) is 10.2 Å². The fourth-order valence-corrected chi connectivity index (χ4v) is 2.81. The fraction of sp³-hybridized carbons (Fsp3) is 0.667. The molecule has 0 bridgehead atoms. The summed E-state index contributed by atoms with van der Waals surface area (Å²) in [7, 11) is 1.99. The Morgan fingerprint density at radius 1 is 1.24 bits per heavy atom. The summed E-state index contributed by atoms with van der Waals surface area (Å²) in [5.41, 5.74) is 1.34. The first kappa shape index (κ1) is 16.3. The maximum Gasteiger partial charge on any atom is 0.128 e. The average Bonchev–Trinajstić information content (AvgIpc) is 2.42. The number of nitrogens with one attached hydrogen (secondary N) is 1. The van der Waals surface area contributed by atoms with Crippen molar-refractivity contribution in [2.45, 2.75) is 64.2 Å². The summed E-state index contributed by atoms with van der Waals surface area (Å²) in [6, 6.07) is 8.76. The van der Waals surface area contributed by atoms with E-state index < -0.39 is 0 Å². The zero-order valence-electron chi connectivity index (χ0n) is 14.0. The van der Waals surface area contributed by atoms with E-state index in [1.807, 2.05) is 13.1 Å². The molecule has 1 N–H and O–H groups in total. The number of hydrogen-bond donors (Lipinski definition) is 1. The topological polar surface area (TPSA) is 30.5 Å². The third-order valence-corrected chi connectivity index (χ3v) is 4.11. The van der Waals surface area contributed by atoms with Crippen LogP contribution in [0.2, 0.25) is 0 Å². The highest BCUT2D eigenvalue weighted by atomic mass is 16.5. The van der Waals surface area contributed by atoms with Crippen molar-refractivity contribution in [2.75, 3.05) is 13.7 Å². The van der Waals surface area contributed by atoms with Crippen LogP contribution in [-0.4, -0.2) is 31.9 Å². The minimum Gasteiger partial charge on any atom is -0.487 e. The van der Waals surface area contributed by atoms with E-state index in [0.717, 1.165) is 25.2 Å². The molecule has 0 amide bonds. The van der Waals surface area contributed by atoms with E-state index in [1.165, 1.54) is 5.56 Å². The predicted octanol–water partition coefficient (Wildman–Crippen LogP) is 3.52. The van der Waals surface area contributed by atoms with Crippen molar-refractivity contribution in [2.24, 2.45) is 0 Å². The van der Waals surface area contributed by atoms with Crippen LogP contribution in [0.1, 0.15) is 46.1 Å². The molecular formula is C18H29NO2. The van der Waals surface area contributed by atoms with Crippen LogP contribution in [0.15, 0.2) is 24.3 Å². The Bertz CT molecular complexity index is 453. The summed E-state index contributed by atoms with van der Waals surface area (Å²) < 4.78 is 12.2. The van der Waals surface area contributed by atoms with Gasteiger partial charge < -0.3 is 14.8 Å². The molecule has 1 saturated carbocycles. The lowest BCUT2D eigenvalue weighted by Gasteiger charge is -2.44. The molecule has 0 saturated heterocycles. The Labute approximate surface area is 129 Å². The van der Waals surface area contributed by atoms with Crippen molar-refractivity contribution in [3.8, 4) is 5.75 Å². The minimum absolute atomic E-state index is 0.0858. The quantitative estimate of drug-likeness (QED) is 0.870. The van der Waals surface area contributed by atoms with Crippen molar-refractivity contribution in [3.05, 3.63) is 29.8 Å². The maximum absolute atomic E-state index is 6.28. The molecule has 1 aliphatic rings. The zero-order chi connectivity index (χ0) is 15.5. The van der Waals surface area contributed by atoms with Crippen LogP contribution in [0.5, 0.6) is 5.75 Å². The van der Waals surface area contributed by atoms with Gasteiger partial charge in [0.05, 0.1) is 0 Å². The molecule has 1 fully saturated rings. The van der Waals surface area contributed by atoms with Gasteiger partial charge in [0.15, 0.2) is 0 Å². The smallest absolute Gasteiger partial charge is 0.128 e. The molecule has 118 valence electrons. The summed E-state index contributed by atoms with van der Waals surface area (Å²) in [4.78, 5) is 0. The molecule has 3 atom stereocenters. The van der Waals surface area contributed by atoms with Gasteiger partial charge in [-0.3, -0.25) is 0 Å². The lowest BCUT2D eigenvalue weighted by molar-refractivity contribution is -0.106. The van der Waals surface area contributed by atoms with Crippen LogP contribution in [0, 0.1) is 0 Å². The number of ether oxygens (including phenoxy) is 2. The number of hydrogen-bond acceptors (Lipinski definition) is 3. The van der Waals surface area contributed by atoms with Crippen molar-refractivity contribution < 1.29 is 9.47 Å². The van der Waals surface area contributed by atoms with Crippen molar-refractivity contribution >= 4 is 0 Å². The maximum atomic E-state index is 6.28. The highest BCUT2D eigenvalue weighted by Gasteiger charge is 2.43. The van der Waals surface area contributed by atoms with Gasteiger partial charge in [0.2, 0.25) is 0 Å². The van der Waals surface area contributed by atoms with Gasteiger partial charge in [-0.1, -0.05) is 45.9 Å². The average molecular weight is 291 g/mol. The summed E-state index contributed by atoms with van der Waals surface area (Å²) in [6.07, 6.45) is 2.35. The van der Waals surface area contributed by atoms with Gasteiger partial charge in [0, 0.05) is 19.1 Å². The highest BCUT2D eigenvalue weighted by Crippen LogP contribution is 2.35. The molecule has 0 aliphatic heterocycles. The van der Waals surface area contributed by atoms with E-state index in [9.17, 15) is 0 Å². The largest absolute Gasteiger partial charge is 0.487 e. The molecule has 0 aromatic heterocycles. The van der Waals surface area contributed by atoms with Crippen molar-refractivity contribution in [1.82, 2.24) is 5.32 Å². The van der Waals surface area contributed by atoms with Crippen molar-refractivity contribution in [1.29, 1.82) is 0 Å². The molecule has 0 heterocycles. The summed E-state index contributed by atoms with van der Waals surface area (Å²) in [6.45, 7) is 9.59. The zero-order valence-corrected chi connectivity index (χ0v) is 14.0. The standard InChI is InChI=1S/C18H29NO2/c1-6-11-20-17-14(19-5)12-16(17)21-15-10-8-7-9-13(15)18(2,3)4/h7-10,14,16-17,19H,6,11-12H2,1-5H3. The van der Waals surface area contributed by atoms with Crippen LogP contribution in [0.4, 0.5) is 0 Å². The Balaban J connectivity index is 2.08. The first-order chi connectivity index (χ1) is 9.97.